The van der Waals surface area contributed by atoms with Crippen LogP contribution in [0.15, 0.2) is 170 Å². The van der Waals surface area contributed by atoms with Crippen LogP contribution in [0.2, 0.25) is 0 Å². The van der Waals surface area contributed by atoms with Gasteiger partial charge in [-0.25, -0.2) is 0 Å². The molecule has 4 bridgehead atoms. The maximum absolute atomic E-state index is 14.3. The third kappa shape index (κ3) is 7.24. The second-order valence-corrected chi connectivity index (χ2v) is 22.8. The van der Waals surface area contributed by atoms with Gasteiger partial charge in [-0.15, -0.1) is 0 Å². The van der Waals surface area contributed by atoms with Crippen molar-refractivity contribution in [3.05, 3.63) is 187 Å². The molecule has 0 radical (unpaired) electrons. The van der Waals surface area contributed by atoms with Crippen LogP contribution in [0.25, 0.3) is 0 Å². The summed E-state index contributed by atoms with van der Waals surface area (Å²) in [5, 5.41) is 0. The van der Waals surface area contributed by atoms with Gasteiger partial charge in [0.15, 0.2) is 0 Å². The molecule has 0 N–H and O–H groups in total. The molecule has 398 valence electrons. The topological polar surface area (TPSA) is 177 Å². The fraction of sp³-hybridized carbons (Fsp3) is 0.262. The summed E-state index contributed by atoms with van der Waals surface area (Å²) in [6.07, 6.45) is 7.41. The Kier molecular flexibility index (Phi) is 11.0. The second kappa shape index (κ2) is 17.9. The van der Waals surface area contributed by atoms with Gasteiger partial charge in [0, 0.05) is 36.1 Å². The molecule has 15 heteroatoms. The number of rotatable bonds is 11. The second-order valence-electron chi connectivity index (χ2n) is 22.8. The first-order valence-corrected chi connectivity index (χ1v) is 27.0. The van der Waals surface area contributed by atoms with E-state index in [0.29, 0.717) is 51.6 Å². The lowest BCUT2D eigenvalue weighted by molar-refractivity contribution is -0.138. The van der Waals surface area contributed by atoms with Gasteiger partial charge in [0.05, 0.1) is 64.4 Å². The van der Waals surface area contributed by atoms with E-state index in [9.17, 15) is 38.4 Å². The van der Waals surface area contributed by atoms with Gasteiger partial charge in [-0.05, 0) is 127 Å². The van der Waals surface area contributed by atoms with Gasteiger partial charge in [0.25, 0.3) is 0 Å². The van der Waals surface area contributed by atoms with Crippen molar-refractivity contribution in [2.45, 2.75) is 26.2 Å². The molecule has 4 aliphatic heterocycles. The minimum absolute atomic E-state index is 0.287. The summed E-state index contributed by atoms with van der Waals surface area (Å²) in [6, 6.07) is 43.5. The maximum atomic E-state index is 14.3. The summed E-state index contributed by atoms with van der Waals surface area (Å²) < 4.78 is 18.4. The number of hydrogen-bond acceptors (Lipinski definition) is 11. The lowest BCUT2D eigenvalue weighted by Crippen LogP contribution is -2.50. The molecule has 10 aliphatic rings. The van der Waals surface area contributed by atoms with E-state index < -0.39 is 76.4 Å². The number of hydrogen-bond donors (Lipinski definition) is 0. The van der Waals surface area contributed by atoms with Gasteiger partial charge in [-0.1, -0.05) is 80.1 Å². The largest absolute Gasteiger partial charge is 0.457 e. The van der Waals surface area contributed by atoms with Crippen LogP contribution in [0.5, 0.6) is 34.5 Å². The SMILES string of the molecule is Cc1ccc(Oc2ccc(N3C(=O)C4C5C=CC(C4C3=O)C3C(=O)N(c4ccc(Oc6ccc(C(C)(C)c7ccc(Oc8ccc(N9C(=O)C%10C%11C=CC(C%12C(=O)N(C)C(=O)C%11%12)C%10C9=O)cc8)cc7)cc6)cc4)C(=O)C53)cc2)cc1. The normalized spacial score (nSPS) is 28.8. The average Bonchev–Trinajstić information content (AvgIpc) is 2.78. The zero-order valence-corrected chi connectivity index (χ0v) is 43.9. The fourth-order valence-electron chi connectivity index (χ4n) is 14.4. The Hall–Kier alpha value is -9.24. The highest BCUT2D eigenvalue weighted by Gasteiger charge is 2.70. The van der Waals surface area contributed by atoms with Crippen LogP contribution in [-0.4, -0.2) is 59.2 Å². The number of aryl methyl sites for hydroxylation is 1. The van der Waals surface area contributed by atoms with Gasteiger partial charge < -0.3 is 14.2 Å². The van der Waals surface area contributed by atoms with Crippen LogP contribution in [0.4, 0.5) is 17.1 Å². The summed E-state index contributed by atoms with van der Waals surface area (Å²) in [6.45, 7) is 6.23. The fourth-order valence-corrected chi connectivity index (χ4v) is 14.4. The number of anilines is 3. The first kappa shape index (κ1) is 49.1. The van der Waals surface area contributed by atoms with Gasteiger partial charge >= 0.3 is 0 Å². The number of nitrogens with zero attached hydrogens (tertiary/aromatic N) is 4. The number of likely N-dealkylation sites (tertiary alicyclic amines) is 1. The van der Waals surface area contributed by atoms with Crippen LogP contribution in [-0.2, 0) is 43.8 Å². The van der Waals surface area contributed by atoms with Crippen LogP contribution in [0.3, 0.4) is 0 Å². The highest BCUT2D eigenvalue weighted by Crippen LogP contribution is 2.60. The summed E-state index contributed by atoms with van der Waals surface area (Å²) in [5.41, 5.74) is 3.96. The molecule has 6 fully saturated rings. The van der Waals surface area contributed by atoms with E-state index in [1.54, 1.807) is 72.8 Å². The molecule has 4 saturated heterocycles. The number of allylic oxidation sites excluding steroid dienone is 4. The van der Waals surface area contributed by atoms with E-state index in [4.69, 9.17) is 14.2 Å². The monoisotopic (exact) mass is 1060 g/mol. The smallest absolute Gasteiger partial charge is 0.238 e. The Labute approximate surface area is 460 Å². The third-order valence-corrected chi connectivity index (χ3v) is 18.4. The Morgan fingerprint density at radius 2 is 0.525 bits per heavy atom. The minimum atomic E-state index is -0.769. The molecule has 12 atom stereocenters. The van der Waals surface area contributed by atoms with Crippen molar-refractivity contribution in [3.8, 4) is 34.5 Å². The van der Waals surface area contributed by atoms with Crippen molar-refractivity contribution in [3.63, 3.8) is 0 Å². The lowest BCUT2D eigenvalue weighted by Gasteiger charge is -2.44. The zero-order valence-electron chi connectivity index (χ0n) is 43.9. The molecule has 2 saturated carbocycles. The number of imide groups is 4. The number of carbonyl (C=O) groups excluding carboxylic acids is 8. The number of carbonyl (C=O) groups is 8. The first-order valence-electron chi connectivity index (χ1n) is 27.0. The predicted octanol–water partition coefficient (Wildman–Crippen LogP) is 9.58. The van der Waals surface area contributed by atoms with Crippen molar-refractivity contribution in [2.75, 3.05) is 21.7 Å². The summed E-state index contributed by atoms with van der Waals surface area (Å²) >= 11 is 0. The van der Waals surface area contributed by atoms with Crippen LogP contribution in [0.1, 0.15) is 30.5 Å². The van der Waals surface area contributed by atoms with E-state index in [1.807, 2.05) is 104 Å². The molecule has 6 aromatic rings. The van der Waals surface area contributed by atoms with Crippen LogP contribution >= 0.6 is 0 Å². The van der Waals surface area contributed by atoms with Crippen molar-refractivity contribution >= 4 is 64.3 Å². The van der Waals surface area contributed by atoms with Gasteiger partial charge in [0.1, 0.15) is 34.5 Å². The third-order valence-electron chi connectivity index (χ3n) is 18.4. The number of benzene rings is 6. The predicted molar refractivity (Wildman–Crippen MR) is 291 cm³/mol. The Bertz CT molecular complexity index is 3620. The number of ether oxygens (including phenoxy) is 3. The summed E-state index contributed by atoms with van der Waals surface area (Å²) in [7, 11) is 1.47. The highest BCUT2D eigenvalue weighted by molar-refractivity contribution is 6.27. The maximum Gasteiger partial charge on any atom is 0.238 e. The summed E-state index contributed by atoms with van der Waals surface area (Å²) in [5.74, 6) is -7.28. The Morgan fingerprint density at radius 1 is 0.312 bits per heavy atom. The molecule has 8 amide bonds. The Balaban J connectivity index is 0.596. The summed E-state index contributed by atoms with van der Waals surface area (Å²) in [4.78, 5) is 115. The van der Waals surface area contributed by atoms with Gasteiger partial charge in [0.2, 0.25) is 47.3 Å². The van der Waals surface area contributed by atoms with E-state index in [-0.39, 0.29) is 47.3 Å². The molecule has 15 nitrogen and oxygen atoms in total. The highest BCUT2D eigenvalue weighted by atomic mass is 16.5. The molecule has 6 aliphatic carbocycles. The van der Waals surface area contributed by atoms with E-state index in [0.717, 1.165) is 21.6 Å². The molecule has 12 unspecified atom stereocenters. The molecule has 80 heavy (non-hydrogen) atoms. The average molecular weight is 1070 g/mol. The molecule has 0 aromatic heterocycles. The molecule has 16 rings (SSSR count). The molecular formula is C65H52N4O11. The lowest BCUT2D eigenvalue weighted by atomic mass is 9.54. The van der Waals surface area contributed by atoms with Crippen molar-refractivity contribution in [1.82, 2.24) is 4.90 Å². The van der Waals surface area contributed by atoms with Gasteiger partial charge in [-0.2, -0.15) is 0 Å². The first-order chi connectivity index (χ1) is 38.6. The van der Waals surface area contributed by atoms with E-state index >= 15 is 0 Å². The Morgan fingerprint density at radius 3 is 0.775 bits per heavy atom. The molecule has 0 spiro atoms. The molecular weight excluding hydrogens is 1010 g/mol. The van der Waals surface area contributed by atoms with Gasteiger partial charge in [-0.3, -0.25) is 58.0 Å². The van der Waals surface area contributed by atoms with Crippen molar-refractivity contribution < 1.29 is 52.6 Å². The zero-order chi connectivity index (χ0) is 55.2. The molecule has 4 heterocycles. The van der Waals surface area contributed by atoms with E-state index in [2.05, 4.69) is 13.8 Å². The van der Waals surface area contributed by atoms with Crippen LogP contribution < -0.4 is 28.9 Å². The standard InChI is InChI=1S/C65H52N4O11/c1-33-5-17-39(18-6-33)78-42-23-11-37(12-24-42)68-61(74)53-47-31-32-48(54(53)62(68)75)56-55(47)63(76)69(64(56)77)38-15-27-44(28-16-38)80-41-21-9-35(10-22-41)65(2,3)34-7-19-40(20-8-34)79-43-25-13-36(14-26-43)67-59(72)51-45-29-30-46(52(51)60(67)73)50-49(45)57(70)66(4)58(50)71/h5-32,45-56H,1-4H3. The number of amides is 8. The van der Waals surface area contributed by atoms with E-state index in [1.165, 1.54) is 21.7 Å². The van der Waals surface area contributed by atoms with Crippen molar-refractivity contribution in [1.29, 1.82) is 0 Å². The van der Waals surface area contributed by atoms with Crippen LogP contribution in [0, 0.1) is 77.9 Å². The van der Waals surface area contributed by atoms with Crippen molar-refractivity contribution in [2.24, 2.45) is 71.0 Å². The minimum Gasteiger partial charge on any atom is -0.457 e. The molecule has 6 aromatic carbocycles. The quantitative estimate of drug-likeness (QED) is 0.0892.